The molecule has 2 rings (SSSR count). The molecular formula is C14H12BrClFNO. The predicted molar refractivity (Wildman–Crippen MR) is 77.8 cm³/mol. The maximum absolute atomic E-state index is 13.3. The third-order valence-corrected chi connectivity index (χ3v) is 3.40. The number of halogens is 3. The van der Waals surface area contributed by atoms with Gasteiger partial charge in [-0.05, 0) is 57.4 Å². The Morgan fingerprint density at radius 2 is 1.89 bits per heavy atom. The van der Waals surface area contributed by atoms with Gasteiger partial charge in [0.25, 0.3) is 0 Å². The van der Waals surface area contributed by atoms with E-state index in [9.17, 15) is 4.39 Å². The van der Waals surface area contributed by atoms with E-state index < -0.39 is 0 Å². The van der Waals surface area contributed by atoms with E-state index in [4.69, 9.17) is 22.1 Å². The lowest BCUT2D eigenvalue weighted by atomic mass is 10.1. The zero-order chi connectivity index (χ0) is 13.8. The summed E-state index contributed by atoms with van der Waals surface area (Å²) in [5.74, 6) is 0.347. The second-order valence-corrected chi connectivity index (χ2v) is 5.33. The predicted octanol–water partition coefficient (Wildman–Crippen LogP) is 4.28. The molecule has 0 aliphatic rings. The van der Waals surface area contributed by atoms with Crippen molar-refractivity contribution in [3.8, 4) is 5.75 Å². The number of hydrogen-bond acceptors (Lipinski definition) is 2. The molecule has 0 bridgehead atoms. The number of benzene rings is 2. The Morgan fingerprint density at radius 3 is 2.58 bits per heavy atom. The molecule has 0 unspecified atom stereocenters. The van der Waals surface area contributed by atoms with Gasteiger partial charge in [0.1, 0.15) is 18.2 Å². The van der Waals surface area contributed by atoms with E-state index in [-0.39, 0.29) is 12.4 Å². The second kappa shape index (κ2) is 6.37. The lowest BCUT2D eigenvalue weighted by Crippen LogP contribution is -2.01. The summed E-state index contributed by atoms with van der Waals surface area (Å²) < 4.78 is 19.7. The van der Waals surface area contributed by atoms with E-state index in [1.54, 1.807) is 18.2 Å². The molecule has 2 aromatic rings. The SMILES string of the molecule is NCc1cc(F)cc(COc2ccc(Cl)cc2Br)c1. The normalized spacial score (nSPS) is 10.5. The van der Waals surface area contributed by atoms with Crippen molar-refractivity contribution in [2.75, 3.05) is 0 Å². The molecule has 19 heavy (non-hydrogen) atoms. The number of rotatable bonds is 4. The zero-order valence-electron chi connectivity index (χ0n) is 10.00. The maximum atomic E-state index is 13.3. The van der Waals surface area contributed by atoms with Crippen molar-refractivity contribution < 1.29 is 9.13 Å². The molecule has 0 saturated heterocycles. The van der Waals surface area contributed by atoms with Crippen LogP contribution in [0.4, 0.5) is 4.39 Å². The van der Waals surface area contributed by atoms with Gasteiger partial charge in [0.05, 0.1) is 4.47 Å². The van der Waals surface area contributed by atoms with Crippen molar-refractivity contribution in [1.82, 2.24) is 0 Å². The topological polar surface area (TPSA) is 35.2 Å². The van der Waals surface area contributed by atoms with Gasteiger partial charge >= 0.3 is 0 Å². The molecular weight excluding hydrogens is 333 g/mol. The van der Waals surface area contributed by atoms with Crippen molar-refractivity contribution in [3.63, 3.8) is 0 Å². The van der Waals surface area contributed by atoms with Gasteiger partial charge in [-0.1, -0.05) is 17.7 Å². The van der Waals surface area contributed by atoms with Crippen LogP contribution >= 0.6 is 27.5 Å². The van der Waals surface area contributed by atoms with E-state index in [1.165, 1.54) is 12.1 Å². The Bertz CT molecular complexity index is 592. The van der Waals surface area contributed by atoms with Crippen LogP contribution in [0.1, 0.15) is 11.1 Å². The summed E-state index contributed by atoms with van der Waals surface area (Å²) in [6.07, 6.45) is 0. The molecule has 0 aromatic heterocycles. The fraction of sp³-hybridized carbons (Fsp3) is 0.143. The average molecular weight is 345 g/mol. The van der Waals surface area contributed by atoms with Crippen LogP contribution in [0, 0.1) is 5.82 Å². The Balaban J connectivity index is 2.12. The van der Waals surface area contributed by atoms with Gasteiger partial charge in [0.2, 0.25) is 0 Å². The Kier molecular flexibility index (Phi) is 4.80. The van der Waals surface area contributed by atoms with Crippen LogP contribution < -0.4 is 10.5 Å². The van der Waals surface area contributed by atoms with Gasteiger partial charge in [-0.3, -0.25) is 0 Å². The van der Waals surface area contributed by atoms with Gasteiger partial charge in [-0.15, -0.1) is 0 Å². The minimum Gasteiger partial charge on any atom is -0.488 e. The van der Waals surface area contributed by atoms with E-state index in [2.05, 4.69) is 15.9 Å². The molecule has 2 aromatic carbocycles. The third-order valence-electron chi connectivity index (χ3n) is 2.54. The van der Waals surface area contributed by atoms with E-state index in [0.717, 1.165) is 15.6 Å². The van der Waals surface area contributed by atoms with Crippen molar-refractivity contribution in [3.05, 3.63) is 62.8 Å². The molecule has 0 amide bonds. The standard InChI is InChI=1S/C14H12BrClFNO/c15-13-6-11(16)1-2-14(13)19-8-10-3-9(7-18)4-12(17)5-10/h1-6H,7-8,18H2. The first-order chi connectivity index (χ1) is 9.08. The fourth-order valence-corrected chi connectivity index (χ4v) is 2.47. The van der Waals surface area contributed by atoms with Crippen molar-refractivity contribution >= 4 is 27.5 Å². The molecule has 0 radical (unpaired) electrons. The molecule has 0 heterocycles. The average Bonchev–Trinajstić information content (AvgIpc) is 2.37. The van der Waals surface area contributed by atoms with E-state index in [1.807, 2.05) is 6.07 Å². The number of nitrogens with two attached hydrogens (primary N) is 1. The molecule has 0 fully saturated rings. The summed E-state index contributed by atoms with van der Waals surface area (Å²) in [5.41, 5.74) is 6.99. The fourth-order valence-electron chi connectivity index (χ4n) is 1.67. The first-order valence-corrected chi connectivity index (χ1v) is 6.82. The Labute approximate surface area is 124 Å². The molecule has 5 heteroatoms. The lowest BCUT2D eigenvalue weighted by molar-refractivity contribution is 0.303. The van der Waals surface area contributed by atoms with Crippen molar-refractivity contribution in [1.29, 1.82) is 0 Å². The second-order valence-electron chi connectivity index (χ2n) is 4.04. The highest BCUT2D eigenvalue weighted by Gasteiger charge is 2.04. The zero-order valence-corrected chi connectivity index (χ0v) is 12.3. The summed E-state index contributed by atoms with van der Waals surface area (Å²) >= 11 is 9.21. The van der Waals surface area contributed by atoms with Gasteiger partial charge in [-0.2, -0.15) is 0 Å². The van der Waals surface area contributed by atoms with Crippen LogP contribution in [-0.4, -0.2) is 0 Å². The lowest BCUT2D eigenvalue weighted by Gasteiger charge is -2.09. The van der Waals surface area contributed by atoms with Crippen LogP contribution in [-0.2, 0) is 13.2 Å². The van der Waals surface area contributed by atoms with Crippen molar-refractivity contribution in [2.45, 2.75) is 13.2 Å². The Morgan fingerprint density at radius 1 is 1.16 bits per heavy atom. The maximum Gasteiger partial charge on any atom is 0.134 e. The van der Waals surface area contributed by atoms with Gasteiger partial charge in [0, 0.05) is 11.6 Å². The minimum atomic E-state index is -0.309. The molecule has 2 N–H and O–H groups in total. The third kappa shape index (κ3) is 3.93. The van der Waals surface area contributed by atoms with Crippen molar-refractivity contribution in [2.24, 2.45) is 5.73 Å². The van der Waals surface area contributed by atoms with Crippen LogP contribution in [0.25, 0.3) is 0 Å². The largest absolute Gasteiger partial charge is 0.488 e. The van der Waals surface area contributed by atoms with Gasteiger partial charge < -0.3 is 10.5 Å². The molecule has 0 saturated carbocycles. The molecule has 0 atom stereocenters. The number of hydrogen-bond donors (Lipinski definition) is 1. The summed E-state index contributed by atoms with van der Waals surface area (Å²) in [7, 11) is 0. The molecule has 100 valence electrons. The first-order valence-electron chi connectivity index (χ1n) is 5.65. The number of ether oxygens (including phenoxy) is 1. The summed E-state index contributed by atoms with van der Waals surface area (Å²) in [4.78, 5) is 0. The smallest absolute Gasteiger partial charge is 0.134 e. The first kappa shape index (κ1) is 14.3. The van der Waals surface area contributed by atoms with Crippen LogP contribution in [0.2, 0.25) is 5.02 Å². The molecule has 2 nitrogen and oxygen atoms in total. The quantitative estimate of drug-likeness (QED) is 0.898. The summed E-state index contributed by atoms with van der Waals surface area (Å²) in [6.45, 7) is 0.570. The highest BCUT2D eigenvalue weighted by molar-refractivity contribution is 9.10. The summed E-state index contributed by atoms with van der Waals surface area (Å²) in [5, 5.41) is 0.621. The molecule has 0 aliphatic carbocycles. The highest BCUT2D eigenvalue weighted by Crippen LogP contribution is 2.28. The highest BCUT2D eigenvalue weighted by atomic mass is 79.9. The molecule has 0 spiro atoms. The molecule has 0 aliphatic heterocycles. The Hall–Kier alpha value is -1.10. The van der Waals surface area contributed by atoms with Crippen LogP contribution in [0.15, 0.2) is 40.9 Å². The van der Waals surface area contributed by atoms with E-state index >= 15 is 0 Å². The van der Waals surface area contributed by atoms with Gasteiger partial charge in [0.15, 0.2) is 0 Å². The van der Waals surface area contributed by atoms with Crippen LogP contribution in [0.5, 0.6) is 5.75 Å². The van der Waals surface area contributed by atoms with Gasteiger partial charge in [-0.25, -0.2) is 4.39 Å². The summed E-state index contributed by atoms with van der Waals surface area (Å²) in [6, 6.07) is 9.92. The van der Waals surface area contributed by atoms with Crippen LogP contribution in [0.3, 0.4) is 0 Å². The van der Waals surface area contributed by atoms with E-state index in [0.29, 0.717) is 17.3 Å². The minimum absolute atomic E-state index is 0.269. The monoisotopic (exact) mass is 343 g/mol.